The van der Waals surface area contributed by atoms with E-state index in [0.717, 1.165) is 12.1 Å². The van der Waals surface area contributed by atoms with E-state index in [4.69, 9.17) is 0 Å². The van der Waals surface area contributed by atoms with Crippen molar-refractivity contribution in [3.8, 4) is 0 Å². The van der Waals surface area contributed by atoms with Gasteiger partial charge >= 0.3 is 0 Å². The third-order valence-corrected chi connectivity index (χ3v) is 2.72. The number of carbonyl (C=O) groups is 1. The van der Waals surface area contributed by atoms with Crippen molar-refractivity contribution in [2.45, 2.75) is 32.9 Å². The summed E-state index contributed by atoms with van der Waals surface area (Å²) in [5.74, 6) is -1.79. The van der Waals surface area contributed by atoms with Crippen molar-refractivity contribution >= 4 is 5.91 Å². The second-order valence-corrected chi connectivity index (χ2v) is 4.86. The molecule has 0 radical (unpaired) electrons. The molecule has 0 saturated carbocycles. The first kappa shape index (κ1) is 15.6. The van der Waals surface area contributed by atoms with Crippen LogP contribution >= 0.6 is 0 Å². The molecule has 1 amide bonds. The molecule has 3 nitrogen and oxygen atoms in total. The van der Waals surface area contributed by atoms with Gasteiger partial charge in [-0.25, -0.2) is 8.78 Å². The smallest absolute Gasteiger partial charge is 0.223 e. The van der Waals surface area contributed by atoms with E-state index in [1.807, 2.05) is 13.8 Å². The predicted octanol–water partition coefficient (Wildman–Crippen LogP) is 2.31. The zero-order valence-corrected chi connectivity index (χ0v) is 11.5. The molecule has 0 aliphatic heterocycles. The van der Waals surface area contributed by atoms with Crippen LogP contribution in [0.3, 0.4) is 0 Å². The van der Waals surface area contributed by atoms with E-state index in [2.05, 4.69) is 5.32 Å². The zero-order chi connectivity index (χ0) is 14.4. The van der Waals surface area contributed by atoms with Gasteiger partial charge in [-0.3, -0.25) is 4.79 Å². The number of amides is 1. The van der Waals surface area contributed by atoms with Crippen molar-refractivity contribution < 1.29 is 13.6 Å². The van der Waals surface area contributed by atoms with Gasteiger partial charge in [0.2, 0.25) is 5.91 Å². The summed E-state index contributed by atoms with van der Waals surface area (Å²) >= 11 is 0. The van der Waals surface area contributed by atoms with Crippen molar-refractivity contribution in [3.63, 3.8) is 0 Å². The summed E-state index contributed by atoms with van der Waals surface area (Å²) in [6.07, 6.45) is 0.387. The summed E-state index contributed by atoms with van der Waals surface area (Å²) < 4.78 is 25.8. The first-order valence-electron chi connectivity index (χ1n) is 6.31. The molecule has 0 saturated heterocycles. The maximum absolute atomic E-state index is 13.0. The Morgan fingerprint density at radius 2 is 2.00 bits per heavy atom. The average molecular weight is 270 g/mol. The fourth-order valence-corrected chi connectivity index (χ4v) is 1.66. The lowest BCUT2D eigenvalue weighted by Gasteiger charge is -2.18. The summed E-state index contributed by atoms with van der Waals surface area (Å²) in [6.45, 7) is 4.90. The van der Waals surface area contributed by atoms with Crippen LogP contribution < -0.4 is 5.32 Å². The van der Waals surface area contributed by atoms with Crippen LogP contribution in [0.4, 0.5) is 8.78 Å². The van der Waals surface area contributed by atoms with Gasteiger partial charge in [0.05, 0.1) is 0 Å². The monoisotopic (exact) mass is 270 g/mol. The van der Waals surface area contributed by atoms with Gasteiger partial charge in [0.15, 0.2) is 11.6 Å². The fraction of sp³-hybridized carbons (Fsp3) is 0.500. The Bertz CT molecular complexity index is 435. The van der Waals surface area contributed by atoms with E-state index in [-0.39, 0.29) is 12.5 Å². The van der Waals surface area contributed by atoms with Crippen molar-refractivity contribution in [1.82, 2.24) is 10.2 Å². The van der Waals surface area contributed by atoms with Gasteiger partial charge in [-0.1, -0.05) is 19.9 Å². The third kappa shape index (κ3) is 5.34. The maximum atomic E-state index is 13.0. The number of hydrogen-bond donors (Lipinski definition) is 1. The van der Waals surface area contributed by atoms with Crippen LogP contribution in [0, 0.1) is 11.6 Å². The lowest BCUT2D eigenvalue weighted by molar-refractivity contribution is -0.130. The molecule has 0 aromatic heterocycles. The molecule has 1 aromatic rings. The molecule has 1 N–H and O–H groups in total. The Hall–Kier alpha value is -1.49. The Morgan fingerprint density at radius 1 is 1.32 bits per heavy atom. The number of benzene rings is 1. The molecule has 0 aliphatic rings. The number of halogens is 2. The van der Waals surface area contributed by atoms with E-state index in [1.54, 1.807) is 7.05 Å². The Labute approximate surface area is 112 Å². The van der Waals surface area contributed by atoms with Crippen LogP contribution in [-0.4, -0.2) is 30.4 Å². The number of nitrogens with one attached hydrogen (secondary N) is 1. The SMILES string of the molecule is CC(C)NCCC(=O)N(C)Cc1ccc(F)c(F)c1. The fourth-order valence-electron chi connectivity index (χ4n) is 1.66. The van der Waals surface area contributed by atoms with Crippen LogP contribution in [0.15, 0.2) is 18.2 Å². The van der Waals surface area contributed by atoms with Crippen molar-refractivity contribution in [3.05, 3.63) is 35.4 Å². The van der Waals surface area contributed by atoms with Crippen molar-refractivity contribution in [1.29, 1.82) is 0 Å². The van der Waals surface area contributed by atoms with E-state index >= 15 is 0 Å². The van der Waals surface area contributed by atoms with E-state index in [0.29, 0.717) is 24.6 Å². The first-order chi connectivity index (χ1) is 8.90. The van der Waals surface area contributed by atoms with Crippen LogP contribution in [0.1, 0.15) is 25.8 Å². The van der Waals surface area contributed by atoms with Gasteiger partial charge in [-0.2, -0.15) is 0 Å². The largest absolute Gasteiger partial charge is 0.341 e. The first-order valence-corrected chi connectivity index (χ1v) is 6.31. The standard InChI is InChI=1S/C14H20F2N2O/c1-10(2)17-7-6-14(19)18(3)9-11-4-5-12(15)13(16)8-11/h4-5,8,10,17H,6-7,9H2,1-3H3. The minimum absolute atomic E-state index is 0.0297. The highest BCUT2D eigenvalue weighted by Crippen LogP contribution is 2.10. The van der Waals surface area contributed by atoms with Crippen LogP contribution in [-0.2, 0) is 11.3 Å². The van der Waals surface area contributed by atoms with Gasteiger partial charge in [-0.15, -0.1) is 0 Å². The quantitative estimate of drug-likeness (QED) is 0.860. The Balaban J connectivity index is 2.47. The maximum Gasteiger partial charge on any atom is 0.223 e. The van der Waals surface area contributed by atoms with Crippen LogP contribution in [0.5, 0.6) is 0 Å². The Morgan fingerprint density at radius 3 is 2.58 bits per heavy atom. The molecule has 0 atom stereocenters. The minimum Gasteiger partial charge on any atom is -0.341 e. The molecular weight excluding hydrogens is 250 g/mol. The predicted molar refractivity (Wildman–Crippen MR) is 70.6 cm³/mol. The molecule has 5 heteroatoms. The third-order valence-electron chi connectivity index (χ3n) is 2.72. The van der Waals surface area contributed by atoms with E-state index < -0.39 is 11.6 Å². The molecule has 106 valence electrons. The molecule has 0 fully saturated rings. The highest BCUT2D eigenvalue weighted by atomic mass is 19.2. The average Bonchev–Trinajstić information content (AvgIpc) is 2.33. The number of nitrogens with zero attached hydrogens (tertiary/aromatic N) is 1. The lowest BCUT2D eigenvalue weighted by Crippen LogP contribution is -2.31. The van der Waals surface area contributed by atoms with Gasteiger partial charge in [0, 0.05) is 32.6 Å². The molecule has 1 rings (SSSR count). The second kappa shape index (κ2) is 7.19. The number of hydrogen-bond acceptors (Lipinski definition) is 2. The summed E-state index contributed by atoms with van der Waals surface area (Å²) in [4.78, 5) is 13.3. The highest BCUT2D eigenvalue weighted by molar-refractivity contribution is 5.76. The minimum atomic E-state index is -0.889. The molecule has 0 bridgehead atoms. The summed E-state index contributed by atoms with van der Waals surface area (Å²) in [6, 6.07) is 4.01. The summed E-state index contributed by atoms with van der Waals surface area (Å²) in [5.41, 5.74) is 0.576. The van der Waals surface area contributed by atoms with E-state index in [1.165, 1.54) is 11.0 Å². The van der Waals surface area contributed by atoms with Crippen LogP contribution in [0.2, 0.25) is 0 Å². The summed E-state index contributed by atoms with van der Waals surface area (Å²) in [7, 11) is 1.65. The Kier molecular flexibility index (Phi) is 5.89. The van der Waals surface area contributed by atoms with Gasteiger partial charge < -0.3 is 10.2 Å². The molecule has 0 aliphatic carbocycles. The molecule has 0 unspecified atom stereocenters. The lowest BCUT2D eigenvalue weighted by atomic mass is 10.2. The number of rotatable bonds is 6. The van der Waals surface area contributed by atoms with Gasteiger partial charge in [0.25, 0.3) is 0 Å². The highest BCUT2D eigenvalue weighted by Gasteiger charge is 2.10. The van der Waals surface area contributed by atoms with Gasteiger partial charge in [-0.05, 0) is 17.7 Å². The van der Waals surface area contributed by atoms with Crippen molar-refractivity contribution in [2.75, 3.05) is 13.6 Å². The molecule has 0 heterocycles. The number of carbonyl (C=O) groups excluding carboxylic acids is 1. The van der Waals surface area contributed by atoms with E-state index in [9.17, 15) is 13.6 Å². The normalized spacial score (nSPS) is 10.8. The molecule has 19 heavy (non-hydrogen) atoms. The topological polar surface area (TPSA) is 32.3 Å². The molecule has 1 aromatic carbocycles. The molecular formula is C14H20F2N2O. The molecule has 0 spiro atoms. The summed E-state index contributed by atoms with van der Waals surface area (Å²) in [5, 5.41) is 3.15. The van der Waals surface area contributed by atoms with Crippen LogP contribution in [0.25, 0.3) is 0 Å². The van der Waals surface area contributed by atoms with Gasteiger partial charge in [0.1, 0.15) is 0 Å². The van der Waals surface area contributed by atoms with Crippen molar-refractivity contribution in [2.24, 2.45) is 0 Å². The zero-order valence-electron chi connectivity index (χ0n) is 11.5. The second-order valence-electron chi connectivity index (χ2n) is 4.86.